The molecule has 2 heterocycles. The molecule has 1 aromatic carbocycles. The molecule has 0 spiro atoms. The van der Waals surface area contributed by atoms with Crippen molar-refractivity contribution in [1.82, 2.24) is 9.88 Å². The van der Waals surface area contributed by atoms with Gasteiger partial charge in [0.1, 0.15) is 11.6 Å². The average Bonchev–Trinajstić information content (AvgIpc) is 2.62. The van der Waals surface area contributed by atoms with Gasteiger partial charge in [-0.25, -0.2) is 9.37 Å². The third-order valence-electron chi connectivity index (χ3n) is 4.03. The van der Waals surface area contributed by atoms with Gasteiger partial charge in [-0.2, -0.15) is 0 Å². The van der Waals surface area contributed by atoms with Crippen LogP contribution in [-0.2, 0) is 0 Å². The molecule has 2 aromatic rings. The first-order valence-corrected chi connectivity index (χ1v) is 7.61. The lowest BCUT2D eigenvalue weighted by Crippen LogP contribution is -2.49. The minimum absolute atomic E-state index is 0.0339. The molecular weight excluding hydrogens is 295 g/mol. The van der Waals surface area contributed by atoms with E-state index in [-0.39, 0.29) is 11.7 Å². The lowest BCUT2D eigenvalue weighted by Gasteiger charge is -2.36. The largest absolute Gasteiger partial charge is 0.373 e. The predicted octanol–water partition coefficient (Wildman–Crippen LogP) is 2.22. The van der Waals surface area contributed by atoms with Crippen molar-refractivity contribution in [2.75, 3.05) is 43.4 Å². The summed E-state index contributed by atoms with van der Waals surface area (Å²) in [4.78, 5) is 20.4. The van der Waals surface area contributed by atoms with Gasteiger partial charge in [-0.1, -0.05) is 12.1 Å². The van der Waals surface area contributed by atoms with Gasteiger partial charge in [0.2, 0.25) is 0 Å². The molecule has 0 atom stereocenters. The third-order valence-corrected chi connectivity index (χ3v) is 4.03. The molecule has 1 N–H and O–H groups in total. The molecule has 5 nitrogen and oxygen atoms in total. The second kappa shape index (κ2) is 6.64. The summed E-state index contributed by atoms with van der Waals surface area (Å²) in [5.74, 6) is 0.471. The minimum atomic E-state index is -0.223. The van der Waals surface area contributed by atoms with E-state index in [1.165, 1.54) is 6.07 Å². The number of carbonyl (C=O) groups excluding carboxylic acids is 1. The number of rotatable bonds is 3. The quantitative estimate of drug-likeness (QED) is 0.944. The molecule has 1 fully saturated rings. The number of para-hydroxylation sites is 1. The molecule has 1 amide bonds. The Bertz CT molecular complexity index is 681. The smallest absolute Gasteiger partial charge is 0.255 e. The minimum Gasteiger partial charge on any atom is -0.373 e. The number of anilines is 2. The van der Waals surface area contributed by atoms with Crippen LogP contribution in [0.3, 0.4) is 0 Å². The third kappa shape index (κ3) is 3.26. The zero-order valence-corrected chi connectivity index (χ0v) is 13.0. The highest BCUT2D eigenvalue weighted by molar-refractivity contribution is 5.94. The SMILES string of the molecule is CNc1ccc(C(=O)N2CCN(c3ccccc3F)CC2)cn1. The second-order valence-electron chi connectivity index (χ2n) is 5.41. The second-order valence-corrected chi connectivity index (χ2v) is 5.41. The Kier molecular flexibility index (Phi) is 4.41. The summed E-state index contributed by atoms with van der Waals surface area (Å²) >= 11 is 0. The van der Waals surface area contributed by atoms with Gasteiger partial charge in [0.15, 0.2) is 0 Å². The highest BCUT2D eigenvalue weighted by atomic mass is 19.1. The Hall–Kier alpha value is -2.63. The van der Waals surface area contributed by atoms with E-state index in [1.54, 1.807) is 42.4 Å². The fourth-order valence-corrected chi connectivity index (χ4v) is 2.71. The number of pyridine rings is 1. The lowest BCUT2D eigenvalue weighted by molar-refractivity contribution is 0.0746. The molecule has 0 bridgehead atoms. The number of piperazine rings is 1. The van der Waals surface area contributed by atoms with E-state index >= 15 is 0 Å². The summed E-state index contributed by atoms with van der Waals surface area (Å²) in [5, 5.41) is 2.92. The first-order chi connectivity index (χ1) is 11.2. The van der Waals surface area contributed by atoms with E-state index in [2.05, 4.69) is 10.3 Å². The molecule has 1 saturated heterocycles. The Balaban J connectivity index is 1.64. The molecule has 23 heavy (non-hydrogen) atoms. The monoisotopic (exact) mass is 314 g/mol. The molecule has 0 aliphatic carbocycles. The maximum Gasteiger partial charge on any atom is 0.255 e. The number of nitrogens with one attached hydrogen (secondary N) is 1. The van der Waals surface area contributed by atoms with E-state index in [0.29, 0.717) is 37.4 Å². The van der Waals surface area contributed by atoms with Gasteiger partial charge in [0.05, 0.1) is 11.3 Å². The molecule has 0 radical (unpaired) electrons. The maximum atomic E-state index is 13.8. The molecule has 0 saturated carbocycles. The number of carbonyl (C=O) groups is 1. The molecule has 0 unspecified atom stereocenters. The summed E-state index contributed by atoms with van der Waals surface area (Å²) < 4.78 is 13.8. The van der Waals surface area contributed by atoms with Gasteiger partial charge in [0, 0.05) is 39.4 Å². The highest BCUT2D eigenvalue weighted by Crippen LogP contribution is 2.20. The predicted molar refractivity (Wildman–Crippen MR) is 88.3 cm³/mol. The van der Waals surface area contributed by atoms with Gasteiger partial charge in [-0.05, 0) is 24.3 Å². The number of hydrogen-bond donors (Lipinski definition) is 1. The zero-order chi connectivity index (χ0) is 16.2. The van der Waals surface area contributed by atoms with E-state index in [4.69, 9.17) is 0 Å². The Morgan fingerprint density at radius 1 is 1.13 bits per heavy atom. The number of hydrogen-bond acceptors (Lipinski definition) is 4. The molecular formula is C17H19FN4O. The van der Waals surface area contributed by atoms with Crippen LogP contribution in [0.4, 0.5) is 15.9 Å². The van der Waals surface area contributed by atoms with Crippen LogP contribution in [0.25, 0.3) is 0 Å². The van der Waals surface area contributed by atoms with E-state index < -0.39 is 0 Å². The standard InChI is InChI=1S/C17H19FN4O/c1-19-16-7-6-13(12-20-16)17(23)22-10-8-21(9-11-22)15-5-3-2-4-14(15)18/h2-7,12H,8-11H2,1H3,(H,19,20). The molecule has 120 valence electrons. The highest BCUT2D eigenvalue weighted by Gasteiger charge is 2.23. The molecule has 6 heteroatoms. The number of aromatic nitrogens is 1. The first kappa shape index (κ1) is 15.3. The van der Waals surface area contributed by atoms with Gasteiger partial charge in [0.25, 0.3) is 5.91 Å². The Labute approximate surface area is 134 Å². The van der Waals surface area contributed by atoms with E-state index in [0.717, 1.165) is 5.82 Å². The van der Waals surface area contributed by atoms with Crippen molar-refractivity contribution in [2.24, 2.45) is 0 Å². The van der Waals surface area contributed by atoms with Crippen molar-refractivity contribution in [3.8, 4) is 0 Å². The van der Waals surface area contributed by atoms with Crippen molar-refractivity contribution in [1.29, 1.82) is 0 Å². The average molecular weight is 314 g/mol. The number of amides is 1. The lowest BCUT2D eigenvalue weighted by atomic mass is 10.2. The van der Waals surface area contributed by atoms with Crippen molar-refractivity contribution in [3.63, 3.8) is 0 Å². The number of benzene rings is 1. The first-order valence-electron chi connectivity index (χ1n) is 7.61. The van der Waals surface area contributed by atoms with Crippen molar-refractivity contribution >= 4 is 17.4 Å². The van der Waals surface area contributed by atoms with E-state index in [9.17, 15) is 9.18 Å². The van der Waals surface area contributed by atoms with Crippen LogP contribution in [0.1, 0.15) is 10.4 Å². The summed E-state index contributed by atoms with van der Waals surface area (Å²) in [6.45, 7) is 2.38. The zero-order valence-electron chi connectivity index (χ0n) is 13.0. The van der Waals surface area contributed by atoms with Crippen LogP contribution < -0.4 is 10.2 Å². The summed E-state index contributed by atoms with van der Waals surface area (Å²) in [7, 11) is 1.78. The van der Waals surface area contributed by atoms with Crippen LogP contribution >= 0.6 is 0 Å². The van der Waals surface area contributed by atoms with Crippen LogP contribution in [0, 0.1) is 5.82 Å². The van der Waals surface area contributed by atoms with Gasteiger partial charge >= 0.3 is 0 Å². The van der Waals surface area contributed by atoms with Crippen molar-refractivity contribution in [2.45, 2.75) is 0 Å². The molecule has 1 aliphatic rings. The van der Waals surface area contributed by atoms with Crippen LogP contribution in [0.2, 0.25) is 0 Å². The van der Waals surface area contributed by atoms with Crippen LogP contribution in [0.5, 0.6) is 0 Å². The summed E-state index contributed by atoms with van der Waals surface area (Å²) in [5.41, 5.74) is 1.17. The Morgan fingerprint density at radius 2 is 1.87 bits per heavy atom. The summed E-state index contributed by atoms with van der Waals surface area (Å²) in [6.07, 6.45) is 1.58. The van der Waals surface area contributed by atoms with Gasteiger partial charge < -0.3 is 15.1 Å². The topological polar surface area (TPSA) is 48.5 Å². The number of halogens is 1. The van der Waals surface area contributed by atoms with Crippen molar-refractivity contribution in [3.05, 3.63) is 54.0 Å². The van der Waals surface area contributed by atoms with Crippen LogP contribution in [0.15, 0.2) is 42.6 Å². The van der Waals surface area contributed by atoms with Gasteiger partial charge in [-0.15, -0.1) is 0 Å². The maximum absolute atomic E-state index is 13.8. The van der Waals surface area contributed by atoms with Gasteiger partial charge in [-0.3, -0.25) is 4.79 Å². The fourth-order valence-electron chi connectivity index (χ4n) is 2.71. The normalized spacial score (nSPS) is 14.7. The molecule has 1 aromatic heterocycles. The molecule has 3 rings (SSSR count). The summed E-state index contributed by atoms with van der Waals surface area (Å²) in [6, 6.07) is 10.3. The number of nitrogens with zero attached hydrogens (tertiary/aromatic N) is 3. The fraction of sp³-hybridized carbons (Fsp3) is 0.294. The van der Waals surface area contributed by atoms with Crippen molar-refractivity contribution < 1.29 is 9.18 Å². The van der Waals surface area contributed by atoms with E-state index in [1.807, 2.05) is 11.0 Å². The van der Waals surface area contributed by atoms with Crippen LogP contribution in [-0.4, -0.2) is 49.0 Å². The Morgan fingerprint density at radius 3 is 2.48 bits per heavy atom. The molecule has 1 aliphatic heterocycles.